The van der Waals surface area contributed by atoms with Crippen LogP contribution in [0.2, 0.25) is 0 Å². The number of carboxylic acid groups (broad SMARTS) is 1. The Morgan fingerprint density at radius 3 is 2.77 bits per heavy atom. The monoisotopic (exact) mass is 189 g/mol. The number of aliphatic carboxylic acids is 1. The number of halogens is 1. The fourth-order valence-electron chi connectivity index (χ4n) is 1.28. The minimum Gasteiger partial charge on any atom is -0.481 e. The fourth-order valence-corrected chi connectivity index (χ4v) is 1.28. The van der Waals surface area contributed by atoms with Gasteiger partial charge in [-0.2, -0.15) is 0 Å². The molecule has 13 heavy (non-hydrogen) atoms. The average Bonchev–Trinajstić information content (AvgIpc) is 2.04. The van der Waals surface area contributed by atoms with Crippen molar-refractivity contribution in [1.29, 1.82) is 0 Å². The maximum atomic E-state index is 12.8. The molecule has 0 spiro atoms. The van der Waals surface area contributed by atoms with E-state index in [1.165, 1.54) is 0 Å². The Bertz CT molecular complexity index is 286. The van der Waals surface area contributed by atoms with Crippen LogP contribution < -0.4 is 0 Å². The average molecular weight is 189 g/mol. The standard InChI is InChI=1S/C7H8FNO4/c8-5-2-1-4(7(10)11)3-6(5)9(12)13/h4H,1-3H2,(H,10,11). The molecule has 1 unspecified atom stereocenters. The van der Waals surface area contributed by atoms with Crippen LogP contribution in [0.3, 0.4) is 0 Å². The first kappa shape index (κ1) is 9.63. The first-order valence-electron chi connectivity index (χ1n) is 3.77. The van der Waals surface area contributed by atoms with Crippen LogP contribution >= 0.6 is 0 Å². The van der Waals surface area contributed by atoms with E-state index < -0.39 is 28.3 Å². The lowest BCUT2D eigenvalue weighted by Gasteiger charge is -2.14. The summed E-state index contributed by atoms with van der Waals surface area (Å²) in [4.78, 5) is 19.9. The van der Waals surface area contributed by atoms with Crippen LogP contribution in [0.1, 0.15) is 19.3 Å². The van der Waals surface area contributed by atoms with Crippen LogP contribution in [0.15, 0.2) is 11.5 Å². The number of carboxylic acids is 1. The molecule has 1 N–H and O–H groups in total. The molecule has 0 aliphatic heterocycles. The van der Waals surface area contributed by atoms with Crippen molar-refractivity contribution >= 4 is 5.97 Å². The van der Waals surface area contributed by atoms with Gasteiger partial charge in [-0.25, -0.2) is 4.39 Å². The number of nitrogens with zero attached hydrogens (tertiary/aromatic N) is 1. The molecule has 0 aromatic heterocycles. The van der Waals surface area contributed by atoms with Crippen molar-refractivity contribution in [2.75, 3.05) is 0 Å². The molecular weight excluding hydrogens is 181 g/mol. The minimum atomic E-state index is -1.10. The first-order valence-corrected chi connectivity index (χ1v) is 3.77. The van der Waals surface area contributed by atoms with E-state index in [1.54, 1.807) is 0 Å². The van der Waals surface area contributed by atoms with Gasteiger partial charge in [-0.1, -0.05) is 0 Å². The molecule has 1 aliphatic carbocycles. The van der Waals surface area contributed by atoms with E-state index in [-0.39, 0.29) is 19.3 Å². The highest BCUT2D eigenvalue weighted by Gasteiger charge is 2.32. The van der Waals surface area contributed by atoms with Gasteiger partial charge in [-0.3, -0.25) is 14.9 Å². The van der Waals surface area contributed by atoms with Gasteiger partial charge in [0.15, 0.2) is 5.83 Å². The van der Waals surface area contributed by atoms with Crippen molar-refractivity contribution in [3.8, 4) is 0 Å². The molecule has 0 amide bonds. The molecule has 6 heteroatoms. The zero-order valence-electron chi connectivity index (χ0n) is 6.70. The normalized spacial score (nSPS) is 23.0. The molecule has 1 rings (SSSR count). The highest BCUT2D eigenvalue weighted by Crippen LogP contribution is 2.30. The van der Waals surface area contributed by atoms with E-state index in [4.69, 9.17) is 5.11 Å². The van der Waals surface area contributed by atoms with E-state index in [0.29, 0.717) is 0 Å². The third kappa shape index (κ3) is 2.01. The summed E-state index contributed by atoms with van der Waals surface area (Å²) in [5, 5.41) is 18.8. The highest BCUT2D eigenvalue weighted by atomic mass is 19.1. The van der Waals surface area contributed by atoms with Crippen molar-refractivity contribution < 1.29 is 19.2 Å². The van der Waals surface area contributed by atoms with E-state index in [9.17, 15) is 19.3 Å². The first-order chi connectivity index (χ1) is 6.02. The van der Waals surface area contributed by atoms with Crippen LogP contribution in [0.5, 0.6) is 0 Å². The molecule has 0 aromatic carbocycles. The molecule has 72 valence electrons. The third-order valence-corrected chi connectivity index (χ3v) is 2.03. The number of hydrogen-bond donors (Lipinski definition) is 1. The number of carbonyl (C=O) groups is 1. The Labute approximate surface area is 73.0 Å². The number of hydrogen-bond acceptors (Lipinski definition) is 3. The number of allylic oxidation sites excluding steroid dienone is 2. The third-order valence-electron chi connectivity index (χ3n) is 2.03. The van der Waals surface area contributed by atoms with Crippen molar-refractivity contribution in [2.24, 2.45) is 5.92 Å². The fraction of sp³-hybridized carbons (Fsp3) is 0.571. The molecule has 5 nitrogen and oxygen atoms in total. The Hall–Kier alpha value is -1.46. The van der Waals surface area contributed by atoms with Gasteiger partial charge in [-0.05, 0) is 6.42 Å². The molecule has 0 aromatic rings. The molecule has 1 aliphatic rings. The topological polar surface area (TPSA) is 80.4 Å². The van der Waals surface area contributed by atoms with Gasteiger partial charge in [0.2, 0.25) is 0 Å². The number of rotatable bonds is 2. The van der Waals surface area contributed by atoms with E-state index in [0.717, 1.165) is 0 Å². The second kappa shape index (κ2) is 3.51. The maximum absolute atomic E-state index is 12.8. The van der Waals surface area contributed by atoms with Crippen molar-refractivity contribution in [2.45, 2.75) is 19.3 Å². The Kier molecular flexibility index (Phi) is 2.60. The van der Waals surface area contributed by atoms with E-state index in [1.807, 2.05) is 0 Å². The van der Waals surface area contributed by atoms with E-state index in [2.05, 4.69) is 0 Å². The molecule has 0 heterocycles. The van der Waals surface area contributed by atoms with Crippen molar-refractivity contribution in [1.82, 2.24) is 0 Å². The molecular formula is C7H8FNO4. The molecule has 1 atom stereocenters. The molecule has 0 bridgehead atoms. The second-order valence-electron chi connectivity index (χ2n) is 2.89. The summed E-state index contributed by atoms with van der Waals surface area (Å²) in [6, 6.07) is 0. The van der Waals surface area contributed by atoms with Gasteiger partial charge in [0.05, 0.1) is 17.3 Å². The summed E-state index contributed by atoms with van der Waals surface area (Å²) in [6.07, 6.45) is -0.319. The Morgan fingerprint density at radius 2 is 2.31 bits per heavy atom. The van der Waals surface area contributed by atoms with Crippen molar-refractivity contribution in [3.05, 3.63) is 21.6 Å². The predicted octanol–water partition coefficient (Wildman–Crippen LogP) is 1.33. The summed E-state index contributed by atoms with van der Waals surface area (Å²) >= 11 is 0. The summed E-state index contributed by atoms with van der Waals surface area (Å²) < 4.78 is 12.8. The lowest BCUT2D eigenvalue weighted by molar-refractivity contribution is -0.432. The van der Waals surface area contributed by atoms with Gasteiger partial charge in [0.1, 0.15) is 0 Å². The summed E-state index contributed by atoms with van der Waals surface area (Å²) in [5.74, 6) is -2.71. The quantitative estimate of drug-likeness (QED) is 0.524. The van der Waals surface area contributed by atoms with Gasteiger partial charge < -0.3 is 5.11 Å². The lowest BCUT2D eigenvalue weighted by atomic mass is 9.92. The van der Waals surface area contributed by atoms with Crippen LogP contribution in [0.4, 0.5) is 4.39 Å². The van der Waals surface area contributed by atoms with Gasteiger partial charge >= 0.3 is 5.97 Å². The highest BCUT2D eigenvalue weighted by molar-refractivity contribution is 5.70. The minimum absolute atomic E-state index is 0.137. The lowest BCUT2D eigenvalue weighted by Crippen LogP contribution is -2.21. The van der Waals surface area contributed by atoms with Gasteiger partial charge in [0.25, 0.3) is 5.70 Å². The molecule has 0 fully saturated rings. The zero-order valence-corrected chi connectivity index (χ0v) is 6.70. The summed E-state index contributed by atoms with van der Waals surface area (Å²) in [5.41, 5.74) is -0.585. The van der Waals surface area contributed by atoms with Crippen LogP contribution in [0.25, 0.3) is 0 Å². The predicted molar refractivity (Wildman–Crippen MR) is 40.1 cm³/mol. The van der Waals surface area contributed by atoms with Crippen LogP contribution in [0, 0.1) is 16.0 Å². The van der Waals surface area contributed by atoms with Crippen LogP contribution in [-0.2, 0) is 4.79 Å². The molecule has 0 saturated carbocycles. The SMILES string of the molecule is O=C(O)C1CCC(F)=C([N+](=O)[O-])C1. The second-order valence-corrected chi connectivity index (χ2v) is 2.89. The van der Waals surface area contributed by atoms with Gasteiger partial charge in [-0.15, -0.1) is 0 Å². The Balaban J connectivity index is 2.82. The summed E-state index contributed by atoms with van der Waals surface area (Å²) in [7, 11) is 0. The largest absolute Gasteiger partial charge is 0.481 e. The maximum Gasteiger partial charge on any atom is 0.307 e. The number of nitro groups is 1. The smallest absolute Gasteiger partial charge is 0.307 e. The van der Waals surface area contributed by atoms with E-state index >= 15 is 0 Å². The zero-order chi connectivity index (χ0) is 10.0. The van der Waals surface area contributed by atoms with Crippen molar-refractivity contribution in [3.63, 3.8) is 0 Å². The molecule has 0 saturated heterocycles. The molecule has 0 radical (unpaired) electrons. The Morgan fingerprint density at radius 1 is 1.69 bits per heavy atom. The van der Waals surface area contributed by atoms with Gasteiger partial charge in [0, 0.05) is 6.42 Å². The van der Waals surface area contributed by atoms with Crippen LogP contribution in [-0.4, -0.2) is 16.0 Å². The summed E-state index contributed by atoms with van der Waals surface area (Å²) in [6.45, 7) is 0.